The van der Waals surface area contributed by atoms with Crippen molar-refractivity contribution in [2.24, 2.45) is 11.5 Å². The predicted molar refractivity (Wildman–Crippen MR) is 47.7 cm³/mol. The van der Waals surface area contributed by atoms with Gasteiger partial charge in [0.25, 0.3) is 0 Å². The van der Waals surface area contributed by atoms with E-state index in [2.05, 4.69) is 11.5 Å². The van der Waals surface area contributed by atoms with E-state index in [1.807, 2.05) is 0 Å². The first kappa shape index (κ1) is 23.0. The molecule has 0 aromatic heterocycles. The van der Waals surface area contributed by atoms with E-state index in [1.165, 1.54) is 0 Å². The van der Waals surface area contributed by atoms with Crippen molar-refractivity contribution in [2.75, 3.05) is 13.1 Å². The summed E-state index contributed by atoms with van der Waals surface area (Å²) in [6, 6.07) is 0. The molecule has 0 atom stereocenters. The third-order valence-corrected chi connectivity index (χ3v) is 0.349. The first-order valence-electron chi connectivity index (χ1n) is 2.38. The van der Waals surface area contributed by atoms with Crippen molar-refractivity contribution in [1.29, 1.82) is 0 Å². The molecule has 0 aliphatic rings. The molecule has 0 rings (SSSR count). The number of hydrogen-bond donors (Lipinski definition) is 4. The van der Waals surface area contributed by atoms with Gasteiger partial charge in [0.05, 0.1) is 13.1 Å². The Kier molecular flexibility index (Phi) is 34.2. The topological polar surface area (TPSA) is 127 Å². The number of nitrogens with two attached hydrogens (primary N) is 2. The number of aliphatic carboxylic acids is 2. The Morgan fingerprint density at radius 1 is 0.917 bits per heavy atom. The van der Waals surface area contributed by atoms with E-state index in [9.17, 15) is 9.59 Å². The monoisotopic (exact) mass is 198 g/mol. The van der Waals surface area contributed by atoms with Gasteiger partial charge in [-0.1, -0.05) is 0 Å². The van der Waals surface area contributed by atoms with Crippen LogP contribution in [-0.4, -0.2) is 94.4 Å². The van der Waals surface area contributed by atoms with Gasteiger partial charge in [0.15, 0.2) is 0 Å². The molecule has 0 aromatic rings. The van der Waals surface area contributed by atoms with E-state index in [-0.39, 0.29) is 72.2 Å². The average Bonchev–Trinajstić information content (AvgIpc) is 1.89. The van der Waals surface area contributed by atoms with Gasteiger partial charge in [0, 0.05) is 0 Å². The van der Waals surface area contributed by atoms with Crippen molar-refractivity contribution >= 4 is 71.1 Å². The molecule has 6 N–H and O–H groups in total. The SMILES string of the molecule is NCC(=O)O.NCC(=O)O.[NaH].[NaH]. The van der Waals surface area contributed by atoms with Gasteiger partial charge in [-0.2, -0.15) is 0 Å². The van der Waals surface area contributed by atoms with Crippen molar-refractivity contribution < 1.29 is 19.8 Å². The van der Waals surface area contributed by atoms with E-state index in [1.54, 1.807) is 0 Å². The summed E-state index contributed by atoms with van der Waals surface area (Å²) in [5.41, 5.74) is 9.14. The van der Waals surface area contributed by atoms with Crippen LogP contribution in [0.5, 0.6) is 0 Å². The van der Waals surface area contributed by atoms with E-state index >= 15 is 0 Å². The zero-order valence-electron chi connectivity index (χ0n) is 5.28. The van der Waals surface area contributed by atoms with Crippen LogP contribution in [0, 0.1) is 0 Å². The summed E-state index contributed by atoms with van der Waals surface area (Å²) in [5.74, 6) is -1.94. The maximum atomic E-state index is 9.24. The molecule has 0 spiro atoms. The van der Waals surface area contributed by atoms with Crippen LogP contribution in [0.15, 0.2) is 0 Å². The molecule has 0 radical (unpaired) electrons. The van der Waals surface area contributed by atoms with Crippen molar-refractivity contribution in [2.45, 2.75) is 0 Å². The van der Waals surface area contributed by atoms with Gasteiger partial charge < -0.3 is 21.7 Å². The molecule has 12 heavy (non-hydrogen) atoms. The molecule has 0 fully saturated rings. The second-order valence-corrected chi connectivity index (χ2v) is 1.20. The molecular weight excluding hydrogens is 186 g/mol. The molecule has 8 heteroatoms. The molecule has 0 heterocycles. The van der Waals surface area contributed by atoms with Crippen LogP contribution in [0.3, 0.4) is 0 Å². The molecular formula is C4H12N2Na2O4. The van der Waals surface area contributed by atoms with E-state index in [0.717, 1.165) is 0 Å². The minimum absolute atomic E-state index is 0. The number of carboxylic acids is 2. The quantitative estimate of drug-likeness (QED) is 0.345. The molecule has 0 aliphatic carbocycles. The molecule has 0 saturated carbocycles. The summed E-state index contributed by atoms with van der Waals surface area (Å²) in [6.07, 6.45) is 0. The summed E-state index contributed by atoms with van der Waals surface area (Å²) in [5, 5.41) is 15.2. The third kappa shape index (κ3) is 44.7. The molecule has 0 saturated heterocycles. The fourth-order valence-electron chi connectivity index (χ4n) is 0. The summed E-state index contributed by atoms with van der Waals surface area (Å²) in [4.78, 5) is 18.5. The van der Waals surface area contributed by atoms with E-state index < -0.39 is 11.9 Å². The van der Waals surface area contributed by atoms with Gasteiger partial charge in [0.1, 0.15) is 0 Å². The third-order valence-electron chi connectivity index (χ3n) is 0.349. The molecule has 6 nitrogen and oxygen atoms in total. The first-order valence-corrected chi connectivity index (χ1v) is 2.38. The van der Waals surface area contributed by atoms with Crippen LogP contribution >= 0.6 is 0 Å². The van der Waals surface area contributed by atoms with Crippen LogP contribution in [0.4, 0.5) is 0 Å². The van der Waals surface area contributed by atoms with Gasteiger partial charge in [-0.3, -0.25) is 9.59 Å². The number of rotatable bonds is 2. The molecule has 64 valence electrons. The van der Waals surface area contributed by atoms with Crippen molar-refractivity contribution in [3.8, 4) is 0 Å². The predicted octanol–water partition coefficient (Wildman–Crippen LogP) is -3.24. The van der Waals surface area contributed by atoms with Crippen LogP contribution in [0.2, 0.25) is 0 Å². The van der Waals surface area contributed by atoms with Gasteiger partial charge in [-0.15, -0.1) is 0 Å². The summed E-state index contributed by atoms with van der Waals surface area (Å²) in [6.45, 7) is -0.556. The Morgan fingerprint density at radius 2 is 1.00 bits per heavy atom. The Bertz CT molecular complexity index is 108. The maximum absolute atomic E-state index is 9.24. The molecule has 0 unspecified atom stereocenters. The van der Waals surface area contributed by atoms with Crippen LogP contribution in [0.25, 0.3) is 0 Å². The first-order chi connectivity index (χ1) is 4.54. The second kappa shape index (κ2) is 17.8. The molecule has 0 aromatic carbocycles. The second-order valence-electron chi connectivity index (χ2n) is 1.20. The van der Waals surface area contributed by atoms with Gasteiger partial charge >= 0.3 is 71.1 Å². The minimum atomic E-state index is -0.968. The van der Waals surface area contributed by atoms with Gasteiger partial charge in [-0.25, -0.2) is 0 Å². The normalized spacial score (nSPS) is 6.17. The molecule has 0 bridgehead atoms. The molecule has 0 aliphatic heterocycles. The summed E-state index contributed by atoms with van der Waals surface area (Å²) < 4.78 is 0. The van der Waals surface area contributed by atoms with Crippen LogP contribution in [0.1, 0.15) is 0 Å². The fourth-order valence-corrected chi connectivity index (χ4v) is 0. The fraction of sp³-hybridized carbons (Fsp3) is 0.500. The zero-order valence-corrected chi connectivity index (χ0v) is 5.28. The average molecular weight is 198 g/mol. The van der Waals surface area contributed by atoms with Gasteiger partial charge in [0.2, 0.25) is 0 Å². The number of carboxylic acid groups (broad SMARTS) is 2. The standard InChI is InChI=1S/2C2H5NO2.2Na.2H/c2*3-1-2(4)5;;;;/h2*1,3H2,(H,4,5);;;;. The van der Waals surface area contributed by atoms with Gasteiger partial charge in [-0.05, 0) is 0 Å². The Balaban J connectivity index is -0.0000000457. The van der Waals surface area contributed by atoms with Crippen molar-refractivity contribution in [3.05, 3.63) is 0 Å². The van der Waals surface area contributed by atoms with E-state index in [4.69, 9.17) is 10.2 Å². The summed E-state index contributed by atoms with van der Waals surface area (Å²) in [7, 11) is 0. The number of carbonyl (C=O) groups is 2. The Labute approximate surface area is 114 Å². The van der Waals surface area contributed by atoms with Crippen LogP contribution in [-0.2, 0) is 9.59 Å². The van der Waals surface area contributed by atoms with Crippen molar-refractivity contribution in [3.63, 3.8) is 0 Å². The molecule has 0 amide bonds. The van der Waals surface area contributed by atoms with Crippen LogP contribution < -0.4 is 11.5 Å². The number of hydrogen-bond acceptors (Lipinski definition) is 4. The Morgan fingerprint density at radius 3 is 1.00 bits per heavy atom. The van der Waals surface area contributed by atoms with E-state index in [0.29, 0.717) is 0 Å². The van der Waals surface area contributed by atoms with Crippen molar-refractivity contribution in [1.82, 2.24) is 0 Å². The Hall–Kier alpha value is 0.860. The zero-order chi connectivity index (χ0) is 8.57. The summed E-state index contributed by atoms with van der Waals surface area (Å²) >= 11 is 0.